The van der Waals surface area contributed by atoms with E-state index in [4.69, 9.17) is 4.42 Å². The van der Waals surface area contributed by atoms with Crippen molar-refractivity contribution in [1.82, 2.24) is 15.6 Å². The van der Waals surface area contributed by atoms with Crippen LogP contribution in [0.5, 0.6) is 0 Å². The molecule has 2 aromatic carbocycles. The lowest BCUT2D eigenvalue weighted by Gasteiger charge is -2.27. The van der Waals surface area contributed by atoms with Gasteiger partial charge in [0.05, 0.1) is 17.0 Å². The van der Waals surface area contributed by atoms with E-state index >= 15 is 0 Å². The summed E-state index contributed by atoms with van der Waals surface area (Å²) in [5.41, 5.74) is -0.265. The first-order chi connectivity index (χ1) is 19.8. The molecule has 8 nitrogen and oxygen atoms in total. The molecule has 0 aliphatic heterocycles. The molecule has 0 bridgehead atoms. The van der Waals surface area contributed by atoms with Gasteiger partial charge < -0.3 is 20.4 Å². The first kappa shape index (κ1) is 30.0. The maximum absolute atomic E-state index is 13.6. The molecule has 1 atom stereocenters. The lowest BCUT2D eigenvalue weighted by Crippen LogP contribution is -2.48. The predicted molar refractivity (Wildman–Crippen MR) is 149 cm³/mol. The minimum absolute atomic E-state index is 0.0471. The number of rotatable bonds is 8. The Morgan fingerprint density at radius 2 is 1.74 bits per heavy atom. The molecule has 2 heterocycles. The van der Waals surface area contributed by atoms with Crippen molar-refractivity contribution in [2.75, 3.05) is 18.9 Å². The van der Waals surface area contributed by atoms with Crippen LogP contribution in [0.3, 0.4) is 0 Å². The Bertz CT molecular complexity index is 1690. The lowest BCUT2D eigenvalue weighted by molar-refractivity contribution is -0.115. The highest BCUT2D eigenvalue weighted by atomic mass is 19.4. The molecule has 0 saturated carbocycles. The molecule has 0 spiro atoms. The van der Waals surface area contributed by atoms with Gasteiger partial charge in [-0.25, -0.2) is 4.39 Å². The third-order valence-electron chi connectivity index (χ3n) is 6.90. The fraction of sp³-hybridized carbons (Fsp3) is 0.267. The summed E-state index contributed by atoms with van der Waals surface area (Å²) in [6, 6.07) is 14.8. The first-order valence-electron chi connectivity index (χ1n) is 12.9. The number of fused-ring (bicyclic) bond motifs is 1. The molecular formula is C30H27F4N5O3. The number of aromatic nitrogens is 1. The van der Waals surface area contributed by atoms with Gasteiger partial charge in [0.2, 0.25) is 5.71 Å². The SMILES string of the molecule is CNC(=O)c1c(-c2ccc(F)cc2)oc2nc(NCC(F)(F)F)c(-c3cccc(C(=O)NC(C)(C#N)C(C)C)c3)cc12. The number of furan rings is 1. The second-order valence-electron chi connectivity index (χ2n) is 10.1. The van der Waals surface area contributed by atoms with Crippen molar-refractivity contribution in [3.05, 3.63) is 71.5 Å². The summed E-state index contributed by atoms with van der Waals surface area (Å²) in [6.45, 7) is 3.75. The van der Waals surface area contributed by atoms with Crippen LogP contribution in [0.25, 0.3) is 33.6 Å². The van der Waals surface area contributed by atoms with Crippen LogP contribution >= 0.6 is 0 Å². The third kappa shape index (κ3) is 6.20. The van der Waals surface area contributed by atoms with E-state index < -0.39 is 35.9 Å². The van der Waals surface area contributed by atoms with Gasteiger partial charge in [-0.1, -0.05) is 26.0 Å². The standard InChI is InChI=1S/C30H27F4N5O3/c1-16(2)29(3,14-35)39-26(40)19-7-5-6-18(12-19)21-13-22-23(27(41)36-4)24(17-8-10-20(31)11-9-17)42-28(22)38-25(21)37-15-30(32,33)34/h5-13,16H,15H2,1-4H3,(H,36,41)(H,37,38)(H,39,40). The Hall–Kier alpha value is -4.92. The van der Waals surface area contributed by atoms with Gasteiger partial charge in [-0.2, -0.15) is 23.4 Å². The zero-order valence-corrected chi connectivity index (χ0v) is 23.1. The Morgan fingerprint density at radius 1 is 1.05 bits per heavy atom. The second-order valence-corrected chi connectivity index (χ2v) is 10.1. The number of anilines is 1. The summed E-state index contributed by atoms with van der Waals surface area (Å²) >= 11 is 0. The number of amides is 2. The van der Waals surface area contributed by atoms with Crippen LogP contribution in [-0.4, -0.2) is 42.1 Å². The first-order valence-corrected chi connectivity index (χ1v) is 12.9. The number of nitriles is 1. The van der Waals surface area contributed by atoms with E-state index in [2.05, 4.69) is 27.0 Å². The fourth-order valence-electron chi connectivity index (χ4n) is 4.15. The van der Waals surface area contributed by atoms with Gasteiger partial charge in [0.25, 0.3) is 11.8 Å². The smallest absolute Gasteiger partial charge is 0.405 e. The van der Waals surface area contributed by atoms with Crippen molar-refractivity contribution in [1.29, 1.82) is 5.26 Å². The van der Waals surface area contributed by atoms with Gasteiger partial charge in [0, 0.05) is 23.7 Å². The number of halogens is 4. The Kier molecular flexibility index (Phi) is 8.24. The minimum atomic E-state index is -4.58. The molecule has 218 valence electrons. The molecule has 0 aliphatic rings. The summed E-state index contributed by atoms with van der Waals surface area (Å²) in [4.78, 5) is 30.4. The van der Waals surface area contributed by atoms with Gasteiger partial charge in [-0.3, -0.25) is 9.59 Å². The number of carbonyl (C=O) groups is 2. The monoisotopic (exact) mass is 581 g/mol. The molecule has 12 heteroatoms. The van der Waals surface area contributed by atoms with Gasteiger partial charge in [-0.05, 0) is 60.9 Å². The van der Waals surface area contributed by atoms with E-state index in [0.29, 0.717) is 11.1 Å². The largest absolute Gasteiger partial charge is 0.437 e. The maximum Gasteiger partial charge on any atom is 0.405 e. The predicted octanol–water partition coefficient (Wildman–Crippen LogP) is 6.30. The fourth-order valence-corrected chi connectivity index (χ4v) is 4.15. The average Bonchev–Trinajstić information content (AvgIpc) is 3.33. The summed E-state index contributed by atoms with van der Waals surface area (Å²) < 4.78 is 59.1. The van der Waals surface area contributed by atoms with Crippen molar-refractivity contribution >= 4 is 28.7 Å². The normalized spacial score (nSPS) is 13.0. The van der Waals surface area contributed by atoms with Crippen LogP contribution in [0, 0.1) is 23.1 Å². The Balaban J connectivity index is 1.91. The summed E-state index contributed by atoms with van der Waals surface area (Å²) in [6.07, 6.45) is -4.58. The lowest BCUT2D eigenvalue weighted by atomic mass is 9.89. The number of benzene rings is 2. The van der Waals surface area contributed by atoms with Gasteiger partial charge in [-0.15, -0.1) is 0 Å². The van der Waals surface area contributed by atoms with E-state index in [1.165, 1.54) is 49.5 Å². The van der Waals surface area contributed by atoms with Crippen molar-refractivity contribution < 1.29 is 31.6 Å². The van der Waals surface area contributed by atoms with Gasteiger partial charge in [0.15, 0.2) is 0 Å². The number of nitrogens with one attached hydrogen (secondary N) is 3. The van der Waals surface area contributed by atoms with Gasteiger partial charge >= 0.3 is 6.18 Å². The van der Waals surface area contributed by atoms with Crippen molar-refractivity contribution in [2.24, 2.45) is 5.92 Å². The third-order valence-corrected chi connectivity index (χ3v) is 6.90. The second kappa shape index (κ2) is 11.5. The maximum atomic E-state index is 13.6. The zero-order valence-electron chi connectivity index (χ0n) is 23.1. The molecule has 0 radical (unpaired) electrons. The molecule has 42 heavy (non-hydrogen) atoms. The quantitative estimate of drug-likeness (QED) is 0.210. The summed E-state index contributed by atoms with van der Waals surface area (Å²) in [5, 5.41) is 17.3. The van der Waals surface area contributed by atoms with E-state index in [1.807, 2.05) is 0 Å². The molecule has 0 fully saturated rings. The minimum Gasteiger partial charge on any atom is -0.437 e. The summed E-state index contributed by atoms with van der Waals surface area (Å²) in [5.74, 6) is -1.99. The molecule has 1 unspecified atom stereocenters. The van der Waals surface area contributed by atoms with E-state index in [1.54, 1.807) is 32.9 Å². The van der Waals surface area contributed by atoms with Crippen molar-refractivity contribution in [3.63, 3.8) is 0 Å². The topological polar surface area (TPSA) is 120 Å². The number of hydrogen-bond acceptors (Lipinski definition) is 6. The molecule has 3 N–H and O–H groups in total. The molecule has 4 aromatic rings. The molecule has 2 amide bonds. The number of pyridine rings is 1. The van der Waals surface area contributed by atoms with Crippen LogP contribution < -0.4 is 16.0 Å². The van der Waals surface area contributed by atoms with E-state index in [9.17, 15) is 32.4 Å². The van der Waals surface area contributed by atoms with E-state index in [-0.39, 0.29) is 45.3 Å². The highest BCUT2D eigenvalue weighted by molar-refractivity contribution is 6.11. The van der Waals surface area contributed by atoms with Crippen molar-refractivity contribution in [3.8, 4) is 28.5 Å². The van der Waals surface area contributed by atoms with Crippen LogP contribution in [-0.2, 0) is 0 Å². The summed E-state index contributed by atoms with van der Waals surface area (Å²) in [7, 11) is 1.40. The van der Waals surface area contributed by atoms with E-state index in [0.717, 1.165) is 0 Å². The van der Waals surface area contributed by atoms with Crippen LogP contribution in [0.15, 0.2) is 59.0 Å². The molecule has 0 saturated heterocycles. The van der Waals surface area contributed by atoms with Crippen LogP contribution in [0.1, 0.15) is 41.5 Å². The average molecular weight is 582 g/mol. The van der Waals surface area contributed by atoms with Crippen LogP contribution in [0.4, 0.5) is 23.4 Å². The van der Waals surface area contributed by atoms with Crippen LogP contribution in [0.2, 0.25) is 0 Å². The highest BCUT2D eigenvalue weighted by Crippen LogP contribution is 2.38. The highest BCUT2D eigenvalue weighted by Gasteiger charge is 2.31. The van der Waals surface area contributed by atoms with Crippen molar-refractivity contribution in [2.45, 2.75) is 32.5 Å². The number of alkyl halides is 3. The Labute approximate surface area is 238 Å². The number of hydrogen-bond donors (Lipinski definition) is 3. The Morgan fingerprint density at radius 3 is 2.33 bits per heavy atom. The molecule has 0 aliphatic carbocycles. The molecule has 4 rings (SSSR count). The zero-order chi connectivity index (χ0) is 30.8. The number of nitrogens with zero attached hydrogens (tertiary/aromatic N) is 2. The molecular weight excluding hydrogens is 554 g/mol. The number of carbonyl (C=O) groups excluding carboxylic acids is 2. The molecule has 2 aromatic heterocycles. The van der Waals surface area contributed by atoms with Gasteiger partial charge in [0.1, 0.15) is 29.5 Å².